The second-order valence-electron chi connectivity index (χ2n) is 4.23. The van der Waals surface area contributed by atoms with E-state index in [-0.39, 0.29) is 0 Å². The maximum Gasteiger partial charge on any atom is 0.0577 e. The molecule has 1 heteroatoms. The highest BCUT2D eigenvalue weighted by atomic mass is 16.5. The highest BCUT2D eigenvalue weighted by Crippen LogP contribution is 2.70. The van der Waals surface area contributed by atoms with E-state index in [4.69, 9.17) is 4.74 Å². The van der Waals surface area contributed by atoms with Gasteiger partial charge in [0.1, 0.15) is 0 Å². The molecule has 3 saturated carbocycles. The lowest BCUT2D eigenvalue weighted by Crippen LogP contribution is -2.25. The number of methoxy groups -OCH3 is 1. The van der Waals surface area contributed by atoms with Crippen LogP contribution in [0.2, 0.25) is 0 Å². The first-order valence-corrected chi connectivity index (χ1v) is 4.43. The van der Waals surface area contributed by atoms with Gasteiger partial charge < -0.3 is 4.74 Å². The number of fused-ring (bicyclic) bond motifs is 1. The Morgan fingerprint density at radius 3 is 2.60 bits per heavy atom. The van der Waals surface area contributed by atoms with Gasteiger partial charge in [-0.15, -0.1) is 0 Å². The van der Waals surface area contributed by atoms with E-state index in [0.29, 0.717) is 6.10 Å². The Balaban J connectivity index is 1.76. The van der Waals surface area contributed by atoms with Crippen molar-refractivity contribution in [2.45, 2.75) is 25.4 Å². The minimum absolute atomic E-state index is 0.624. The van der Waals surface area contributed by atoms with Crippen molar-refractivity contribution in [3.63, 3.8) is 0 Å². The van der Waals surface area contributed by atoms with Crippen molar-refractivity contribution in [1.29, 1.82) is 0 Å². The molecule has 0 amide bonds. The first kappa shape index (κ1) is 5.59. The van der Waals surface area contributed by atoms with Gasteiger partial charge >= 0.3 is 0 Å². The van der Waals surface area contributed by atoms with Gasteiger partial charge in [0.15, 0.2) is 0 Å². The first-order valence-electron chi connectivity index (χ1n) is 4.43. The molecule has 5 unspecified atom stereocenters. The zero-order valence-electron chi connectivity index (χ0n) is 6.42. The van der Waals surface area contributed by atoms with Crippen LogP contribution in [0.25, 0.3) is 0 Å². The van der Waals surface area contributed by atoms with Crippen LogP contribution in [0.5, 0.6) is 0 Å². The van der Waals surface area contributed by atoms with E-state index in [9.17, 15) is 0 Å². The average Bonchev–Trinajstić information content (AvgIpc) is 2.54. The Hall–Kier alpha value is -0.0400. The second kappa shape index (κ2) is 1.58. The van der Waals surface area contributed by atoms with Gasteiger partial charge in [-0.05, 0) is 42.9 Å². The molecular formula is C9H14O. The van der Waals surface area contributed by atoms with Crippen LogP contribution in [-0.4, -0.2) is 13.2 Å². The summed E-state index contributed by atoms with van der Waals surface area (Å²) in [6.45, 7) is 0. The zero-order valence-corrected chi connectivity index (χ0v) is 6.42. The number of rotatable bonds is 1. The molecule has 0 aromatic carbocycles. The molecule has 3 fully saturated rings. The van der Waals surface area contributed by atoms with Crippen molar-refractivity contribution in [2.75, 3.05) is 7.11 Å². The molecule has 0 N–H and O–H groups in total. The van der Waals surface area contributed by atoms with Gasteiger partial charge in [0.25, 0.3) is 0 Å². The van der Waals surface area contributed by atoms with E-state index in [1.807, 2.05) is 7.11 Å². The van der Waals surface area contributed by atoms with E-state index in [1.165, 1.54) is 25.2 Å². The molecule has 3 rings (SSSR count). The lowest BCUT2D eigenvalue weighted by atomic mass is 9.79. The van der Waals surface area contributed by atoms with Gasteiger partial charge in [-0.2, -0.15) is 0 Å². The third-order valence-corrected chi connectivity index (χ3v) is 3.95. The van der Waals surface area contributed by atoms with Crippen molar-refractivity contribution >= 4 is 0 Å². The monoisotopic (exact) mass is 138 g/mol. The SMILES string of the molecule is COC1CC2CC3C(C1)C23. The van der Waals surface area contributed by atoms with Crippen LogP contribution < -0.4 is 0 Å². The molecule has 0 heterocycles. The zero-order chi connectivity index (χ0) is 6.72. The summed E-state index contributed by atoms with van der Waals surface area (Å²) in [5.74, 6) is 4.51. The normalized spacial score (nSPS) is 62.7. The van der Waals surface area contributed by atoms with Crippen molar-refractivity contribution in [3.8, 4) is 0 Å². The van der Waals surface area contributed by atoms with Gasteiger partial charge in [0, 0.05) is 7.11 Å². The summed E-state index contributed by atoms with van der Waals surface area (Å²) < 4.78 is 5.39. The third-order valence-electron chi connectivity index (χ3n) is 3.95. The van der Waals surface area contributed by atoms with Gasteiger partial charge in [-0.3, -0.25) is 0 Å². The van der Waals surface area contributed by atoms with Gasteiger partial charge in [-0.1, -0.05) is 0 Å². The molecule has 3 aliphatic rings. The summed E-state index contributed by atoms with van der Waals surface area (Å²) in [7, 11) is 1.87. The lowest BCUT2D eigenvalue weighted by Gasteiger charge is -2.29. The van der Waals surface area contributed by atoms with Crippen LogP contribution in [0.15, 0.2) is 0 Å². The molecule has 0 saturated heterocycles. The van der Waals surface area contributed by atoms with E-state index in [0.717, 1.165) is 17.8 Å². The van der Waals surface area contributed by atoms with Crippen LogP contribution in [0.1, 0.15) is 19.3 Å². The highest BCUT2D eigenvalue weighted by molar-refractivity contribution is 5.13. The Labute approximate surface area is 61.8 Å². The summed E-state index contributed by atoms with van der Waals surface area (Å²) >= 11 is 0. The Bertz CT molecular complexity index is 158. The highest BCUT2D eigenvalue weighted by Gasteiger charge is 2.65. The molecule has 3 aliphatic carbocycles. The van der Waals surface area contributed by atoms with E-state index in [2.05, 4.69) is 0 Å². The quantitative estimate of drug-likeness (QED) is 0.535. The first-order chi connectivity index (χ1) is 4.90. The molecule has 0 aliphatic heterocycles. The third kappa shape index (κ3) is 0.493. The van der Waals surface area contributed by atoms with Crippen LogP contribution in [0, 0.1) is 23.7 Å². The van der Waals surface area contributed by atoms with Crippen LogP contribution in [0.3, 0.4) is 0 Å². The molecule has 0 aromatic heterocycles. The molecule has 10 heavy (non-hydrogen) atoms. The van der Waals surface area contributed by atoms with Gasteiger partial charge in [0.2, 0.25) is 0 Å². The van der Waals surface area contributed by atoms with E-state index >= 15 is 0 Å². The fourth-order valence-corrected chi connectivity index (χ4v) is 3.33. The smallest absolute Gasteiger partial charge is 0.0577 e. The summed E-state index contributed by atoms with van der Waals surface area (Å²) in [6.07, 6.45) is 4.91. The van der Waals surface area contributed by atoms with Crippen molar-refractivity contribution in [3.05, 3.63) is 0 Å². The fraction of sp³-hybridized carbons (Fsp3) is 1.00. The van der Waals surface area contributed by atoms with Crippen LogP contribution in [0.4, 0.5) is 0 Å². The maximum atomic E-state index is 5.39. The van der Waals surface area contributed by atoms with Crippen LogP contribution >= 0.6 is 0 Å². The Morgan fingerprint density at radius 2 is 1.90 bits per heavy atom. The summed E-state index contributed by atoms with van der Waals surface area (Å²) in [4.78, 5) is 0. The molecule has 5 atom stereocenters. The Morgan fingerprint density at radius 1 is 1.10 bits per heavy atom. The number of hydrogen-bond acceptors (Lipinski definition) is 1. The second-order valence-corrected chi connectivity index (χ2v) is 4.23. The molecule has 0 radical (unpaired) electrons. The summed E-state index contributed by atoms with van der Waals surface area (Å²) in [6, 6.07) is 0. The minimum Gasteiger partial charge on any atom is -0.381 e. The number of hydrogen-bond donors (Lipinski definition) is 0. The topological polar surface area (TPSA) is 9.23 Å². The predicted octanol–water partition coefficient (Wildman–Crippen LogP) is 1.68. The fourth-order valence-electron chi connectivity index (χ4n) is 3.33. The standard InChI is InChI=1S/C9H14O/c1-10-6-2-5-3-7-8(4-6)9(5)7/h5-9H,2-4H2,1H3. The molecule has 0 bridgehead atoms. The maximum absolute atomic E-state index is 5.39. The van der Waals surface area contributed by atoms with Crippen LogP contribution in [-0.2, 0) is 4.74 Å². The summed E-state index contributed by atoms with van der Waals surface area (Å²) in [5.41, 5.74) is 0. The molecule has 0 spiro atoms. The van der Waals surface area contributed by atoms with E-state index < -0.39 is 0 Å². The molecule has 56 valence electrons. The molecule has 1 nitrogen and oxygen atoms in total. The lowest BCUT2D eigenvalue weighted by molar-refractivity contribution is 0.0431. The van der Waals surface area contributed by atoms with Gasteiger partial charge in [0.05, 0.1) is 6.10 Å². The van der Waals surface area contributed by atoms with Crippen molar-refractivity contribution < 1.29 is 4.74 Å². The van der Waals surface area contributed by atoms with E-state index in [1.54, 1.807) is 0 Å². The Kier molecular flexibility index (Phi) is 0.883. The number of ether oxygens (including phenoxy) is 1. The van der Waals surface area contributed by atoms with Gasteiger partial charge in [-0.25, -0.2) is 0 Å². The average molecular weight is 138 g/mol. The van der Waals surface area contributed by atoms with Crippen molar-refractivity contribution in [1.82, 2.24) is 0 Å². The molecule has 0 aromatic rings. The predicted molar refractivity (Wildman–Crippen MR) is 38.6 cm³/mol. The molecular weight excluding hydrogens is 124 g/mol. The van der Waals surface area contributed by atoms with Crippen molar-refractivity contribution in [2.24, 2.45) is 23.7 Å². The largest absolute Gasteiger partial charge is 0.381 e. The summed E-state index contributed by atoms with van der Waals surface area (Å²) in [5, 5.41) is 0. The minimum atomic E-state index is 0.624.